The molecule has 0 spiro atoms. The number of aromatic nitrogens is 1. The van der Waals surface area contributed by atoms with Crippen LogP contribution in [-0.2, 0) is 5.41 Å². The molecule has 66 valence electrons. The largest absolute Gasteiger partial charge is 0.265 e. The number of pyridine rings is 1. The molecule has 0 aliphatic rings. The van der Waals surface area contributed by atoms with Gasteiger partial charge in [-0.25, -0.2) is 0 Å². The van der Waals surface area contributed by atoms with Crippen molar-refractivity contribution in [2.75, 3.05) is 0 Å². The monoisotopic (exact) mass is 163 g/mol. The number of hydrogen-bond acceptors (Lipinski definition) is 1. The molecule has 1 heteroatoms. The van der Waals surface area contributed by atoms with Gasteiger partial charge in [-0.15, -0.1) is 0 Å². The van der Waals surface area contributed by atoms with E-state index in [9.17, 15) is 0 Å². The Morgan fingerprint density at radius 2 is 1.67 bits per heavy atom. The van der Waals surface area contributed by atoms with Gasteiger partial charge in [-0.1, -0.05) is 20.8 Å². The Morgan fingerprint density at radius 3 is 2.08 bits per heavy atom. The van der Waals surface area contributed by atoms with Crippen LogP contribution in [0.4, 0.5) is 0 Å². The van der Waals surface area contributed by atoms with Crippen molar-refractivity contribution in [2.45, 2.75) is 39.0 Å². The molecule has 0 saturated heterocycles. The van der Waals surface area contributed by atoms with Crippen LogP contribution in [0, 0.1) is 0 Å². The van der Waals surface area contributed by atoms with Gasteiger partial charge < -0.3 is 0 Å². The summed E-state index contributed by atoms with van der Waals surface area (Å²) in [5, 5.41) is 0. The first-order valence-corrected chi connectivity index (χ1v) is 4.63. The predicted molar refractivity (Wildman–Crippen MR) is 52.2 cm³/mol. The molecule has 0 bridgehead atoms. The summed E-state index contributed by atoms with van der Waals surface area (Å²) in [6.07, 6.45) is 6.12. The first-order valence-electron chi connectivity index (χ1n) is 4.63. The van der Waals surface area contributed by atoms with E-state index in [2.05, 4.69) is 37.9 Å². The second-order valence-electron chi connectivity index (χ2n) is 3.50. The van der Waals surface area contributed by atoms with Gasteiger partial charge in [0, 0.05) is 12.4 Å². The van der Waals surface area contributed by atoms with Crippen molar-refractivity contribution in [3.8, 4) is 0 Å². The van der Waals surface area contributed by atoms with E-state index < -0.39 is 0 Å². The Morgan fingerprint density at radius 1 is 1.17 bits per heavy atom. The Kier molecular flexibility index (Phi) is 2.85. The summed E-state index contributed by atoms with van der Waals surface area (Å²) < 4.78 is 0. The van der Waals surface area contributed by atoms with Crippen LogP contribution >= 0.6 is 0 Å². The Bertz CT molecular complexity index is 224. The molecule has 1 heterocycles. The quantitative estimate of drug-likeness (QED) is 0.667. The van der Waals surface area contributed by atoms with Gasteiger partial charge in [0.05, 0.1) is 0 Å². The fourth-order valence-corrected chi connectivity index (χ4v) is 1.41. The highest BCUT2D eigenvalue weighted by Crippen LogP contribution is 2.29. The summed E-state index contributed by atoms with van der Waals surface area (Å²) in [5.41, 5.74) is 1.74. The van der Waals surface area contributed by atoms with Gasteiger partial charge in [0.1, 0.15) is 0 Å². The molecule has 0 fully saturated rings. The smallest absolute Gasteiger partial charge is 0.0270 e. The van der Waals surface area contributed by atoms with Gasteiger partial charge in [0.25, 0.3) is 0 Å². The molecule has 1 rings (SSSR count). The maximum Gasteiger partial charge on any atom is 0.0270 e. The molecular weight excluding hydrogens is 146 g/mol. The minimum Gasteiger partial charge on any atom is -0.265 e. The number of nitrogens with zero attached hydrogens (tertiary/aromatic N) is 1. The van der Waals surface area contributed by atoms with E-state index in [1.54, 1.807) is 0 Å². The van der Waals surface area contributed by atoms with E-state index in [0.717, 1.165) is 0 Å². The van der Waals surface area contributed by atoms with Gasteiger partial charge in [-0.2, -0.15) is 0 Å². The zero-order chi connectivity index (χ0) is 9.03. The average Bonchev–Trinajstić information content (AvgIpc) is 2.18. The first kappa shape index (κ1) is 9.24. The summed E-state index contributed by atoms with van der Waals surface area (Å²) in [6.45, 7) is 6.79. The molecule has 0 saturated carbocycles. The third kappa shape index (κ3) is 1.66. The molecule has 0 atom stereocenters. The lowest BCUT2D eigenvalue weighted by Crippen LogP contribution is -2.19. The van der Waals surface area contributed by atoms with E-state index in [0.29, 0.717) is 5.41 Å². The lowest BCUT2D eigenvalue weighted by molar-refractivity contribution is 0.438. The fourth-order valence-electron chi connectivity index (χ4n) is 1.41. The number of rotatable bonds is 3. The van der Waals surface area contributed by atoms with E-state index in [1.165, 1.54) is 18.4 Å². The maximum atomic E-state index is 4.03. The van der Waals surface area contributed by atoms with Crippen molar-refractivity contribution in [2.24, 2.45) is 0 Å². The Hall–Kier alpha value is -0.850. The molecule has 0 N–H and O–H groups in total. The van der Waals surface area contributed by atoms with Crippen LogP contribution in [-0.4, -0.2) is 4.98 Å². The zero-order valence-corrected chi connectivity index (χ0v) is 8.17. The first-order chi connectivity index (χ1) is 5.73. The lowest BCUT2D eigenvalue weighted by Gasteiger charge is -2.26. The summed E-state index contributed by atoms with van der Waals surface area (Å²) in [5.74, 6) is 0. The van der Waals surface area contributed by atoms with Crippen molar-refractivity contribution in [3.05, 3.63) is 30.1 Å². The zero-order valence-electron chi connectivity index (χ0n) is 8.17. The topological polar surface area (TPSA) is 12.9 Å². The predicted octanol–water partition coefficient (Wildman–Crippen LogP) is 3.16. The van der Waals surface area contributed by atoms with Crippen LogP contribution in [0.5, 0.6) is 0 Å². The minimum atomic E-state index is 0.336. The standard InChI is InChI=1S/C11H17N/c1-4-11(3,5-2)10-6-8-12-9-7-10/h6-9H,4-5H2,1-3H3. The second kappa shape index (κ2) is 3.70. The van der Waals surface area contributed by atoms with Crippen LogP contribution in [0.15, 0.2) is 24.5 Å². The van der Waals surface area contributed by atoms with Crippen LogP contribution < -0.4 is 0 Å². The molecule has 1 nitrogen and oxygen atoms in total. The summed E-state index contributed by atoms with van der Waals surface area (Å²) in [4.78, 5) is 4.03. The number of hydrogen-bond donors (Lipinski definition) is 0. The van der Waals surface area contributed by atoms with Crippen LogP contribution in [0.2, 0.25) is 0 Å². The fraction of sp³-hybridized carbons (Fsp3) is 0.545. The Labute approximate surface area is 74.8 Å². The highest BCUT2D eigenvalue weighted by atomic mass is 14.6. The Balaban J connectivity index is 2.95. The van der Waals surface area contributed by atoms with Crippen molar-refractivity contribution >= 4 is 0 Å². The second-order valence-corrected chi connectivity index (χ2v) is 3.50. The third-order valence-electron chi connectivity index (χ3n) is 2.94. The van der Waals surface area contributed by atoms with Crippen molar-refractivity contribution in [3.63, 3.8) is 0 Å². The molecule has 0 aliphatic heterocycles. The molecule has 0 amide bonds. The molecule has 0 aromatic carbocycles. The summed E-state index contributed by atoms with van der Waals surface area (Å²) >= 11 is 0. The average molecular weight is 163 g/mol. The van der Waals surface area contributed by atoms with E-state index in [-0.39, 0.29) is 0 Å². The molecular formula is C11H17N. The van der Waals surface area contributed by atoms with E-state index in [1.807, 2.05) is 12.4 Å². The van der Waals surface area contributed by atoms with E-state index >= 15 is 0 Å². The van der Waals surface area contributed by atoms with Crippen LogP contribution in [0.3, 0.4) is 0 Å². The molecule has 1 aromatic heterocycles. The van der Waals surface area contributed by atoms with Gasteiger partial charge in [-0.05, 0) is 36.0 Å². The van der Waals surface area contributed by atoms with E-state index in [4.69, 9.17) is 0 Å². The van der Waals surface area contributed by atoms with Crippen LogP contribution in [0.1, 0.15) is 39.2 Å². The van der Waals surface area contributed by atoms with Gasteiger partial charge in [0.15, 0.2) is 0 Å². The highest BCUT2D eigenvalue weighted by Gasteiger charge is 2.21. The minimum absolute atomic E-state index is 0.336. The SMILES string of the molecule is CCC(C)(CC)c1ccncc1. The van der Waals surface area contributed by atoms with Crippen molar-refractivity contribution in [1.82, 2.24) is 4.98 Å². The van der Waals surface area contributed by atoms with Crippen molar-refractivity contribution in [1.29, 1.82) is 0 Å². The maximum absolute atomic E-state index is 4.03. The molecule has 0 radical (unpaired) electrons. The van der Waals surface area contributed by atoms with Crippen molar-refractivity contribution < 1.29 is 0 Å². The molecule has 0 unspecified atom stereocenters. The normalized spacial score (nSPS) is 11.6. The summed E-state index contributed by atoms with van der Waals surface area (Å²) in [6, 6.07) is 4.24. The molecule has 12 heavy (non-hydrogen) atoms. The highest BCUT2D eigenvalue weighted by molar-refractivity contribution is 5.20. The van der Waals surface area contributed by atoms with Gasteiger partial charge in [0.2, 0.25) is 0 Å². The molecule has 1 aromatic rings. The van der Waals surface area contributed by atoms with Gasteiger partial charge >= 0.3 is 0 Å². The molecule has 0 aliphatic carbocycles. The van der Waals surface area contributed by atoms with Gasteiger partial charge in [-0.3, -0.25) is 4.98 Å². The van der Waals surface area contributed by atoms with Crippen LogP contribution in [0.25, 0.3) is 0 Å². The summed E-state index contributed by atoms with van der Waals surface area (Å²) in [7, 11) is 0. The lowest BCUT2D eigenvalue weighted by atomic mass is 9.78. The third-order valence-corrected chi connectivity index (χ3v) is 2.94.